The number of nitrogens with one attached hydrogen (secondary N) is 1. The Kier molecular flexibility index (Phi) is 4.66. The largest absolute Gasteiger partial charge is 0.382 e. The topological polar surface area (TPSA) is 91.6 Å². The highest BCUT2D eigenvalue weighted by atomic mass is 32.1. The number of carbonyl (C=O) groups excluding carboxylic acids is 2. The van der Waals surface area contributed by atoms with Gasteiger partial charge in [0.15, 0.2) is 5.82 Å². The van der Waals surface area contributed by atoms with Gasteiger partial charge >= 0.3 is 0 Å². The number of hydrogen-bond acceptors (Lipinski definition) is 6. The molecule has 8 heteroatoms. The lowest BCUT2D eigenvalue weighted by Crippen LogP contribution is -2.48. The third-order valence-corrected chi connectivity index (χ3v) is 4.28. The normalized spacial score (nSPS) is 15.4. The van der Waals surface area contributed by atoms with E-state index >= 15 is 0 Å². The first-order valence-electron chi connectivity index (χ1n) is 6.96. The van der Waals surface area contributed by atoms with Crippen LogP contribution in [0.25, 0.3) is 0 Å². The average molecular weight is 311 g/mol. The Hall–Kier alpha value is -1.83. The Bertz CT molecular complexity index is 535. The standard InChI is InChI=1S/C13H21N5O2S/c1-8(2)15-12(20)10-11(14)16-21-13(10)18-6-4-17(5-7-18)9(3)19/h8H,4-7H2,1-3H3,(H2,14,16)(H,15,20). The third kappa shape index (κ3) is 3.44. The molecule has 7 nitrogen and oxygen atoms in total. The fourth-order valence-electron chi connectivity index (χ4n) is 2.28. The molecule has 1 aromatic heterocycles. The van der Waals surface area contributed by atoms with Gasteiger partial charge in [-0.2, -0.15) is 4.37 Å². The molecule has 0 spiro atoms. The Morgan fingerprint density at radius 2 is 1.90 bits per heavy atom. The van der Waals surface area contributed by atoms with E-state index in [9.17, 15) is 9.59 Å². The van der Waals surface area contributed by atoms with E-state index < -0.39 is 0 Å². The number of anilines is 2. The monoisotopic (exact) mass is 311 g/mol. The van der Waals surface area contributed by atoms with Crippen LogP contribution in [0.5, 0.6) is 0 Å². The van der Waals surface area contributed by atoms with E-state index in [4.69, 9.17) is 5.73 Å². The molecule has 1 saturated heterocycles. The van der Waals surface area contributed by atoms with Crippen LogP contribution in [0.2, 0.25) is 0 Å². The van der Waals surface area contributed by atoms with Crippen molar-refractivity contribution in [2.24, 2.45) is 0 Å². The fourth-order valence-corrected chi connectivity index (χ4v) is 3.14. The maximum atomic E-state index is 12.3. The highest BCUT2D eigenvalue weighted by Gasteiger charge is 2.27. The minimum atomic E-state index is -0.194. The first-order chi connectivity index (χ1) is 9.90. The zero-order valence-corrected chi connectivity index (χ0v) is 13.4. The number of aromatic nitrogens is 1. The first-order valence-corrected chi connectivity index (χ1v) is 7.74. The van der Waals surface area contributed by atoms with Crippen molar-refractivity contribution in [3.05, 3.63) is 5.56 Å². The molecule has 1 aromatic rings. The summed E-state index contributed by atoms with van der Waals surface area (Å²) in [6.07, 6.45) is 0. The molecule has 3 N–H and O–H groups in total. The molecular formula is C13H21N5O2S. The van der Waals surface area contributed by atoms with E-state index in [-0.39, 0.29) is 23.7 Å². The lowest BCUT2D eigenvalue weighted by molar-refractivity contribution is -0.129. The van der Waals surface area contributed by atoms with Gasteiger partial charge in [0.05, 0.1) is 0 Å². The van der Waals surface area contributed by atoms with E-state index in [1.54, 1.807) is 11.8 Å². The molecule has 1 aliphatic heterocycles. The second-order valence-corrected chi connectivity index (χ2v) is 6.12. The molecule has 2 rings (SSSR count). The van der Waals surface area contributed by atoms with Gasteiger partial charge in [-0.25, -0.2) is 0 Å². The zero-order valence-electron chi connectivity index (χ0n) is 12.5. The molecule has 0 saturated carbocycles. The van der Waals surface area contributed by atoms with Crippen LogP contribution in [0.15, 0.2) is 0 Å². The molecule has 0 radical (unpaired) electrons. The second-order valence-electron chi connectivity index (χ2n) is 5.37. The number of nitrogen functional groups attached to an aromatic ring is 1. The molecule has 0 bridgehead atoms. The number of carbonyl (C=O) groups is 2. The number of hydrogen-bond donors (Lipinski definition) is 2. The number of rotatable bonds is 3. The van der Waals surface area contributed by atoms with E-state index in [1.807, 2.05) is 13.8 Å². The highest BCUT2D eigenvalue weighted by molar-refractivity contribution is 7.11. The van der Waals surface area contributed by atoms with E-state index in [2.05, 4.69) is 14.6 Å². The minimum absolute atomic E-state index is 0.0409. The van der Waals surface area contributed by atoms with Crippen molar-refractivity contribution < 1.29 is 9.59 Å². The van der Waals surface area contributed by atoms with Crippen molar-refractivity contribution in [1.29, 1.82) is 0 Å². The third-order valence-electron chi connectivity index (χ3n) is 3.36. The van der Waals surface area contributed by atoms with Gasteiger partial charge in [0.1, 0.15) is 10.6 Å². The maximum absolute atomic E-state index is 12.3. The van der Waals surface area contributed by atoms with Gasteiger partial charge < -0.3 is 20.9 Å². The van der Waals surface area contributed by atoms with Gasteiger partial charge in [0.2, 0.25) is 5.91 Å². The van der Waals surface area contributed by atoms with Crippen molar-refractivity contribution in [2.75, 3.05) is 36.8 Å². The van der Waals surface area contributed by atoms with Crippen molar-refractivity contribution >= 4 is 34.2 Å². The second kappa shape index (κ2) is 6.30. The van der Waals surface area contributed by atoms with E-state index in [0.717, 1.165) is 5.00 Å². The number of piperazine rings is 1. The average Bonchev–Trinajstić information content (AvgIpc) is 2.80. The van der Waals surface area contributed by atoms with Crippen molar-refractivity contribution in [1.82, 2.24) is 14.6 Å². The summed E-state index contributed by atoms with van der Waals surface area (Å²) in [7, 11) is 0. The minimum Gasteiger partial charge on any atom is -0.382 e. The first kappa shape index (κ1) is 15.6. The van der Waals surface area contributed by atoms with Crippen LogP contribution >= 0.6 is 11.5 Å². The maximum Gasteiger partial charge on any atom is 0.258 e. The van der Waals surface area contributed by atoms with Gasteiger partial charge in [0, 0.05) is 39.1 Å². The summed E-state index contributed by atoms with van der Waals surface area (Å²) in [5.41, 5.74) is 6.30. The summed E-state index contributed by atoms with van der Waals surface area (Å²) in [5, 5.41) is 3.63. The molecule has 2 amide bonds. The molecule has 116 valence electrons. The lowest BCUT2D eigenvalue weighted by atomic mass is 10.2. The molecule has 2 heterocycles. The van der Waals surface area contributed by atoms with Gasteiger partial charge in [0.25, 0.3) is 5.91 Å². The molecule has 0 aliphatic carbocycles. The summed E-state index contributed by atoms with van der Waals surface area (Å²) < 4.78 is 4.11. The number of nitrogens with two attached hydrogens (primary N) is 1. The van der Waals surface area contributed by atoms with Crippen LogP contribution < -0.4 is 16.0 Å². The lowest BCUT2D eigenvalue weighted by Gasteiger charge is -2.35. The predicted molar refractivity (Wildman–Crippen MR) is 83.6 cm³/mol. The van der Waals surface area contributed by atoms with Crippen LogP contribution in [-0.2, 0) is 4.79 Å². The van der Waals surface area contributed by atoms with Crippen LogP contribution in [-0.4, -0.2) is 53.3 Å². The van der Waals surface area contributed by atoms with Crippen molar-refractivity contribution in [2.45, 2.75) is 26.8 Å². The van der Waals surface area contributed by atoms with Crippen LogP contribution in [0.4, 0.5) is 10.8 Å². The number of nitrogens with zero attached hydrogens (tertiary/aromatic N) is 3. The molecule has 0 aromatic carbocycles. The van der Waals surface area contributed by atoms with Crippen molar-refractivity contribution in [3.63, 3.8) is 0 Å². The molecule has 0 unspecified atom stereocenters. The molecule has 0 atom stereocenters. The predicted octanol–water partition coefficient (Wildman–Crippen LogP) is 0.532. The van der Waals surface area contributed by atoms with Crippen molar-refractivity contribution in [3.8, 4) is 0 Å². The summed E-state index contributed by atoms with van der Waals surface area (Å²) in [5.74, 6) is 0.152. The highest BCUT2D eigenvalue weighted by Crippen LogP contribution is 2.31. The van der Waals surface area contributed by atoms with E-state index in [0.29, 0.717) is 31.7 Å². The van der Waals surface area contributed by atoms with Gasteiger partial charge in [-0.1, -0.05) is 0 Å². The Labute approximate surface area is 128 Å². The summed E-state index contributed by atoms with van der Waals surface area (Å²) >= 11 is 1.23. The number of amides is 2. The van der Waals surface area contributed by atoms with Crippen LogP contribution in [0.3, 0.4) is 0 Å². The van der Waals surface area contributed by atoms with E-state index in [1.165, 1.54) is 11.5 Å². The van der Waals surface area contributed by atoms with Gasteiger partial charge in [-0.3, -0.25) is 9.59 Å². The SMILES string of the molecule is CC(=O)N1CCN(c2snc(N)c2C(=O)NC(C)C)CC1. The quantitative estimate of drug-likeness (QED) is 0.850. The fraction of sp³-hybridized carbons (Fsp3) is 0.615. The van der Waals surface area contributed by atoms with Gasteiger partial charge in [-0.05, 0) is 25.4 Å². The summed E-state index contributed by atoms with van der Waals surface area (Å²) in [6, 6.07) is 0.0409. The van der Waals surface area contributed by atoms with Crippen LogP contribution in [0.1, 0.15) is 31.1 Å². The molecule has 1 fully saturated rings. The summed E-state index contributed by atoms with van der Waals surface area (Å²) in [6.45, 7) is 8.04. The smallest absolute Gasteiger partial charge is 0.258 e. The zero-order chi connectivity index (χ0) is 15.6. The Balaban J connectivity index is 2.15. The van der Waals surface area contributed by atoms with Crippen LogP contribution in [0, 0.1) is 0 Å². The molecule has 1 aliphatic rings. The Morgan fingerprint density at radius 1 is 1.29 bits per heavy atom. The molecular weight excluding hydrogens is 290 g/mol. The summed E-state index contributed by atoms with van der Waals surface area (Å²) in [4.78, 5) is 27.5. The molecule has 21 heavy (non-hydrogen) atoms. The van der Waals surface area contributed by atoms with Gasteiger partial charge in [-0.15, -0.1) is 0 Å². The Morgan fingerprint density at radius 3 is 2.43 bits per heavy atom.